The van der Waals surface area contributed by atoms with E-state index in [4.69, 9.17) is 4.74 Å². The van der Waals surface area contributed by atoms with Crippen LogP contribution in [0, 0.1) is 5.92 Å². The number of ether oxygens (including phenoxy) is 1. The lowest BCUT2D eigenvalue weighted by atomic mass is 9.98. The molecule has 1 aromatic carbocycles. The number of alkyl carbamates (subject to hydrolysis) is 1. The van der Waals surface area contributed by atoms with Gasteiger partial charge in [-0.15, -0.1) is 0 Å². The van der Waals surface area contributed by atoms with E-state index in [1.165, 1.54) is 0 Å². The molecule has 0 bridgehead atoms. The number of hydrogen-bond acceptors (Lipinski definition) is 4. The maximum atomic E-state index is 12.8. The molecule has 2 atom stereocenters. The summed E-state index contributed by atoms with van der Waals surface area (Å²) in [6.45, 7) is 9.25. The number of pyridine rings is 1. The third-order valence-corrected chi connectivity index (χ3v) is 4.06. The van der Waals surface area contributed by atoms with Gasteiger partial charge in [-0.05, 0) is 38.8 Å². The van der Waals surface area contributed by atoms with Crippen LogP contribution in [0.2, 0.25) is 0 Å². The molecule has 0 aliphatic carbocycles. The van der Waals surface area contributed by atoms with Crippen LogP contribution in [-0.4, -0.2) is 28.6 Å². The molecule has 2 rings (SSSR count). The summed E-state index contributed by atoms with van der Waals surface area (Å²) < 4.78 is 5.29. The van der Waals surface area contributed by atoms with Gasteiger partial charge in [-0.25, -0.2) is 4.79 Å². The topological polar surface area (TPSA) is 80.3 Å². The Morgan fingerprint density at radius 3 is 2.54 bits per heavy atom. The number of benzene rings is 1. The maximum absolute atomic E-state index is 12.8. The van der Waals surface area contributed by atoms with Crippen molar-refractivity contribution in [1.29, 1.82) is 0 Å². The number of para-hydroxylation sites is 1. The molecule has 2 N–H and O–H groups in total. The number of carbonyl (C=O) groups excluding carboxylic acids is 2. The highest BCUT2D eigenvalue weighted by Crippen LogP contribution is 2.21. The van der Waals surface area contributed by atoms with Gasteiger partial charge < -0.3 is 15.4 Å². The lowest BCUT2D eigenvalue weighted by Crippen LogP contribution is -2.49. The monoisotopic (exact) mass is 357 g/mol. The smallest absolute Gasteiger partial charge is 0.408 e. The van der Waals surface area contributed by atoms with Gasteiger partial charge in [0.1, 0.15) is 11.6 Å². The minimum atomic E-state index is -0.700. The summed E-state index contributed by atoms with van der Waals surface area (Å²) in [5.41, 5.74) is 0.705. The van der Waals surface area contributed by atoms with Crippen molar-refractivity contribution in [3.63, 3.8) is 0 Å². The van der Waals surface area contributed by atoms with Crippen LogP contribution in [0.1, 0.15) is 41.0 Å². The van der Waals surface area contributed by atoms with Crippen LogP contribution < -0.4 is 10.6 Å². The summed E-state index contributed by atoms with van der Waals surface area (Å²) in [6, 6.07) is 8.67. The lowest BCUT2D eigenvalue weighted by Gasteiger charge is -2.26. The summed E-state index contributed by atoms with van der Waals surface area (Å²) in [4.78, 5) is 29.3. The number of nitrogens with zero attached hydrogens (tertiary/aromatic N) is 1. The molecule has 26 heavy (non-hydrogen) atoms. The Morgan fingerprint density at radius 1 is 1.19 bits per heavy atom. The second-order valence-electron chi connectivity index (χ2n) is 7.38. The minimum Gasteiger partial charge on any atom is -0.444 e. The lowest BCUT2D eigenvalue weighted by molar-refractivity contribution is -0.119. The van der Waals surface area contributed by atoms with Gasteiger partial charge in [-0.2, -0.15) is 0 Å². The Bertz CT molecular complexity index is 778. The molecule has 2 amide bonds. The molecule has 0 saturated carbocycles. The second kappa shape index (κ2) is 8.17. The molecule has 1 heterocycles. The van der Waals surface area contributed by atoms with Crippen molar-refractivity contribution in [1.82, 2.24) is 10.3 Å². The second-order valence-corrected chi connectivity index (χ2v) is 7.38. The van der Waals surface area contributed by atoms with Crippen molar-refractivity contribution in [3.05, 3.63) is 36.5 Å². The van der Waals surface area contributed by atoms with E-state index < -0.39 is 17.7 Å². The Kier molecular flexibility index (Phi) is 6.18. The first-order chi connectivity index (χ1) is 12.2. The van der Waals surface area contributed by atoms with E-state index in [1.54, 1.807) is 33.0 Å². The summed E-state index contributed by atoms with van der Waals surface area (Å²) in [5.74, 6) is -0.339. The Hall–Kier alpha value is -2.63. The summed E-state index contributed by atoms with van der Waals surface area (Å²) in [5, 5.41) is 6.53. The van der Waals surface area contributed by atoms with Crippen LogP contribution in [0.15, 0.2) is 36.5 Å². The fourth-order valence-electron chi connectivity index (χ4n) is 2.55. The molecule has 6 heteroatoms. The zero-order valence-corrected chi connectivity index (χ0v) is 16.0. The van der Waals surface area contributed by atoms with E-state index in [-0.39, 0.29) is 11.8 Å². The number of aromatic nitrogens is 1. The molecule has 140 valence electrons. The van der Waals surface area contributed by atoms with Crippen LogP contribution in [-0.2, 0) is 9.53 Å². The van der Waals surface area contributed by atoms with E-state index >= 15 is 0 Å². The molecule has 0 radical (unpaired) electrons. The number of anilines is 1. The van der Waals surface area contributed by atoms with E-state index in [0.717, 1.165) is 11.8 Å². The molecule has 0 saturated heterocycles. The van der Waals surface area contributed by atoms with Crippen LogP contribution in [0.5, 0.6) is 0 Å². The fraction of sp³-hybridized carbons (Fsp3) is 0.450. The number of hydrogen-bond donors (Lipinski definition) is 2. The number of nitrogens with one attached hydrogen (secondary N) is 2. The van der Waals surface area contributed by atoms with Gasteiger partial charge in [0.2, 0.25) is 5.91 Å². The number of fused-ring (bicyclic) bond motifs is 1. The van der Waals surface area contributed by atoms with Crippen molar-refractivity contribution in [2.24, 2.45) is 5.92 Å². The number of carbonyl (C=O) groups is 2. The standard InChI is InChI=1S/C20H27N3O3/c1-6-13(2)16(23-19(25)26-20(3,4)5)18(24)22-15-11-7-9-14-10-8-12-21-17(14)15/h7-13,16H,6H2,1-5H3,(H,22,24)(H,23,25). The van der Waals surface area contributed by atoms with E-state index in [9.17, 15) is 9.59 Å². The van der Waals surface area contributed by atoms with E-state index in [2.05, 4.69) is 15.6 Å². The highest BCUT2D eigenvalue weighted by molar-refractivity contribution is 6.03. The molecular formula is C20H27N3O3. The Labute approximate surface area is 154 Å². The van der Waals surface area contributed by atoms with Crippen molar-refractivity contribution >= 4 is 28.6 Å². The molecular weight excluding hydrogens is 330 g/mol. The molecule has 6 nitrogen and oxygen atoms in total. The van der Waals surface area contributed by atoms with Crippen LogP contribution in [0.3, 0.4) is 0 Å². The van der Waals surface area contributed by atoms with Gasteiger partial charge in [0.05, 0.1) is 11.2 Å². The van der Waals surface area contributed by atoms with Crippen molar-refractivity contribution in [2.75, 3.05) is 5.32 Å². The Morgan fingerprint density at radius 2 is 1.88 bits per heavy atom. The number of amides is 2. The first-order valence-corrected chi connectivity index (χ1v) is 8.85. The molecule has 1 aromatic heterocycles. The van der Waals surface area contributed by atoms with Gasteiger partial charge in [-0.3, -0.25) is 9.78 Å². The summed E-state index contributed by atoms with van der Waals surface area (Å²) >= 11 is 0. The quantitative estimate of drug-likeness (QED) is 0.844. The van der Waals surface area contributed by atoms with Crippen molar-refractivity contribution < 1.29 is 14.3 Å². The molecule has 0 fully saturated rings. The first-order valence-electron chi connectivity index (χ1n) is 8.85. The third-order valence-electron chi connectivity index (χ3n) is 4.06. The minimum absolute atomic E-state index is 0.0505. The largest absolute Gasteiger partial charge is 0.444 e. The van der Waals surface area contributed by atoms with Crippen LogP contribution >= 0.6 is 0 Å². The van der Waals surface area contributed by atoms with E-state index in [0.29, 0.717) is 11.2 Å². The zero-order valence-electron chi connectivity index (χ0n) is 16.0. The molecule has 0 spiro atoms. The van der Waals surface area contributed by atoms with Gasteiger partial charge in [-0.1, -0.05) is 38.5 Å². The average Bonchev–Trinajstić information content (AvgIpc) is 2.57. The summed E-state index contributed by atoms with van der Waals surface area (Å²) in [6.07, 6.45) is 1.82. The predicted octanol–water partition coefficient (Wildman–Crippen LogP) is 4.11. The SMILES string of the molecule is CCC(C)C(NC(=O)OC(C)(C)C)C(=O)Nc1cccc2cccnc12. The molecule has 2 unspecified atom stereocenters. The third kappa shape index (κ3) is 5.18. The van der Waals surface area contributed by atoms with Gasteiger partial charge in [0, 0.05) is 11.6 Å². The zero-order chi connectivity index (χ0) is 19.3. The molecule has 0 aliphatic rings. The predicted molar refractivity (Wildman–Crippen MR) is 103 cm³/mol. The Balaban J connectivity index is 2.19. The normalized spacial score (nSPS) is 13.7. The summed E-state index contributed by atoms with van der Waals surface area (Å²) in [7, 11) is 0. The fourth-order valence-corrected chi connectivity index (χ4v) is 2.55. The van der Waals surface area contributed by atoms with Gasteiger partial charge in [0.25, 0.3) is 0 Å². The van der Waals surface area contributed by atoms with Gasteiger partial charge in [0.15, 0.2) is 0 Å². The molecule has 0 aliphatic heterocycles. The van der Waals surface area contributed by atoms with Crippen molar-refractivity contribution in [3.8, 4) is 0 Å². The first kappa shape index (κ1) is 19.7. The van der Waals surface area contributed by atoms with Crippen LogP contribution in [0.25, 0.3) is 10.9 Å². The highest BCUT2D eigenvalue weighted by atomic mass is 16.6. The van der Waals surface area contributed by atoms with Crippen molar-refractivity contribution in [2.45, 2.75) is 52.7 Å². The highest BCUT2D eigenvalue weighted by Gasteiger charge is 2.28. The average molecular weight is 357 g/mol. The molecule has 2 aromatic rings. The maximum Gasteiger partial charge on any atom is 0.408 e. The van der Waals surface area contributed by atoms with Crippen LogP contribution in [0.4, 0.5) is 10.5 Å². The van der Waals surface area contributed by atoms with E-state index in [1.807, 2.05) is 38.1 Å². The number of rotatable bonds is 5. The van der Waals surface area contributed by atoms with Gasteiger partial charge >= 0.3 is 6.09 Å².